The van der Waals surface area contributed by atoms with Gasteiger partial charge in [-0.1, -0.05) is 11.6 Å². The summed E-state index contributed by atoms with van der Waals surface area (Å²) in [6.07, 6.45) is 4.31. The van der Waals surface area contributed by atoms with Gasteiger partial charge in [-0.3, -0.25) is 4.98 Å². The highest BCUT2D eigenvalue weighted by molar-refractivity contribution is 6.35. The molecule has 1 saturated carbocycles. The predicted molar refractivity (Wildman–Crippen MR) is 63.4 cm³/mol. The molecule has 1 N–H and O–H groups in total. The lowest BCUT2D eigenvalue weighted by Crippen LogP contribution is -2.01. The Balaban J connectivity index is 2.16. The Hall–Kier alpha value is -1.28. The Labute approximate surface area is 93.3 Å². The summed E-state index contributed by atoms with van der Waals surface area (Å²) in [6, 6.07) is 8.58. The van der Waals surface area contributed by atoms with Crippen LogP contribution in [-0.2, 0) is 0 Å². The second kappa shape index (κ2) is 3.38. The molecule has 1 aromatic heterocycles. The van der Waals surface area contributed by atoms with Crippen LogP contribution in [0.4, 0.5) is 5.69 Å². The second-order valence-electron chi connectivity index (χ2n) is 3.91. The summed E-state index contributed by atoms with van der Waals surface area (Å²) >= 11 is 6.09. The molecule has 0 amide bonds. The molecule has 3 rings (SSSR count). The third kappa shape index (κ3) is 1.65. The molecule has 76 valence electrons. The fourth-order valence-electron chi connectivity index (χ4n) is 1.71. The Bertz CT molecular complexity index is 506. The van der Waals surface area contributed by atoms with Crippen molar-refractivity contribution in [2.45, 2.75) is 18.9 Å². The molecule has 3 heteroatoms. The van der Waals surface area contributed by atoms with Crippen molar-refractivity contribution in [2.75, 3.05) is 5.32 Å². The number of hydrogen-bond acceptors (Lipinski definition) is 2. The third-order valence-corrected chi connectivity index (χ3v) is 2.96. The molecule has 2 aromatic rings. The van der Waals surface area contributed by atoms with Crippen molar-refractivity contribution in [3.8, 4) is 0 Å². The molecule has 1 aliphatic carbocycles. The summed E-state index contributed by atoms with van der Waals surface area (Å²) in [6.45, 7) is 0. The summed E-state index contributed by atoms with van der Waals surface area (Å²) in [4.78, 5) is 4.30. The van der Waals surface area contributed by atoms with Gasteiger partial charge < -0.3 is 5.32 Å². The molecule has 0 bridgehead atoms. The number of halogens is 1. The topological polar surface area (TPSA) is 24.9 Å². The predicted octanol–water partition coefficient (Wildman–Crippen LogP) is 3.46. The highest BCUT2D eigenvalue weighted by Gasteiger charge is 2.21. The van der Waals surface area contributed by atoms with E-state index in [1.165, 1.54) is 12.8 Å². The zero-order valence-corrected chi connectivity index (χ0v) is 8.96. The zero-order valence-electron chi connectivity index (χ0n) is 8.20. The Morgan fingerprint density at radius 2 is 2.13 bits per heavy atom. The van der Waals surface area contributed by atoms with Crippen LogP contribution in [0.2, 0.25) is 5.02 Å². The van der Waals surface area contributed by atoms with Gasteiger partial charge in [0, 0.05) is 23.3 Å². The average Bonchev–Trinajstić information content (AvgIpc) is 3.07. The van der Waals surface area contributed by atoms with Crippen molar-refractivity contribution in [3.63, 3.8) is 0 Å². The van der Waals surface area contributed by atoms with Crippen molar-refractivity contribution in [2.24, 2.45) is 0 Å². The minimum atomic E-state index is 0.648. The lowest BCUT2D eigenvalue weighted by molar-refractivity contribution is 1.16. The van der Waals surface area contributed by atoms with Crippen molar-refractivity contribution >= 4 is 28.2 Å². The largest absolute Gasteiger partial charge is 0.382 e. The van der Waals surface area contributed by atoms with E-state index in [9.17, 15) is 0 Å². The van der Waals surface area contributed by atoms with Crippen LogP contribution in [-0.4, -0.2) is 11.0 Å². The van der Waals surface area contributed by atoms with Gasteiger partial charge in [-0.15, -0.1) is 0 Å². The summed E-state index contributed by atoms with van der Waals surface area (Å²) in [7, 11) is 0. The molecule has 0 radical (unpaired) electrons. The van der Waals surface area contributed by atoms with Gasteiger partial charge in [0.1, 0.15) is 0 Å². The van der Waals surface area contributed by atoms with Gasteiger partial charge in [0.05, 0.1) is 10.5 Å². The van der Waals surface area contributed by atoms with Gasteiger partial charge in [-0.2, -0.15) is 0 Å². The Morgan fingerprint density at radius 1 is 1.27 bits per heavy atom. The number of anilines is 1. The Morgan fingerprint density at radius 3 is 2.93 bits per heavy atom. The standard InChI is InChI=1S/C12H11ClN2/c13-10-5-6-11(15-8-3-4-8)9-2-1-7-14-12(9)10/h1-2,5-8,15H,3-4H2. The maximum Gasteiger partial charge on any atom is 0.0908 e. The summed E-state index contributed by atoms with van der Waals surface area (Å²) in [5, 5.41) is 5.31. The molecule has 0 aliphatic heterocycles. The monoisotopic (exact) mass is 218 g/mol. The van der Waals surface area contributed by atoms with Gasteiger partial charge in [-0.05, 0) is 37.1 Å². The number of fused-ring (bicyclic) bond motifs is 1. The van der Waals surface area contributed by atoms with Gasteiger partial charge in [0.15, 0.2) is 0 Å². The van der Waals surface area contributed by atoms with Crippen molar-refractivity contribution in [3.05, 3.63) is 35.5 Å². The minimum absolute atomic E-state index is 0.648. The molecule has 2 nitrogen and oxygen atoms in total. The fraction of sp³-hybridized carbons (Fsp3) is 0.250. The second-order valence-corrected chi connectivity index (χ2v) is 4.32. The molecule has 0 spiro atoms. The average molecular weight is 219 g/mol. The van der Waals surface area contributed by atoms with Crippen LogP contribution >= 0.6 is 11.6 Å². The minimum Gasteiger partial charge on any atom is -0.382 e. The smallest absolute Gasteiger partial charge is 0.0908 e. The Kier molecular flexibility index (Phi) is 2.03. The zero-order chi connectivity index (χ0) is 10.3. The van der Waals surface area contributed by atoms with E-state index in [0.29, 0.717) is 11.1 Å². The lowest BCUT2D eigenvalue weighted by atomic mass is 10.2. The number of hydrogen-bond donors (Lipinski definition) is 1. The highest BCUT2D eigenvalue weighted by Crippen LogP contribution is 2.32. The van der Waals surface area contributed by atoms with Crippen LogP contribution in [0.3, 0.4) is 0 Å². The first-order valence-electron chi connectivity index (χ1n) is 5.14. The molecule has 15 heavy (non-hydrogen) atoms. The van der Waals surface area contributed by atoms with E-state index in [-0.39, 0.29) is 0 Å². The van der Waals surface area contributed by atoms with Crippen molar-refractivity contribution in [1.29, 1.82) is 0 Å². The summed E-state index contributed by atoms with van der Waals surface area (Å²) in [5.41, 5.74) is 2.02. The molecule has 1 aromatic carbocycles. The number of pyridine rings is 1. The van der Waals surface area contributed by atoms with E-state index in [1.54, 1.807) is 6.20 Å². The molecule has 0 unspecified atom stereocenters. The maximum absolute atomic E-state index is 6.09. The molecule has 0 saturated heterocycles. The van der Waals surface area contributed by atoms with Gasteiger partial charge in [0.25, 0.3) is 0 Å². The number of rotatable bonds is 2. The van der Waals surface area contributed by atoms with Crippen LogP contribution in [0.1, 0.15) is 12.8 Å². The lowest BCUT2D eigenvalue weighted by Gasteiger charge is -2.08. The number of nitrogens with zero attached hydrogens (tertiary/aromatic N) is 1. The van der Waals surface area contributed by atoms with Gasteiger partial charge in [0.2, 0.25) is 0 Å². The van der Waals surface area contributed by atoms with Crippen LogP contribution in [0.25, 0.3) is 10.9 Å². The van der Waals surface area contributed by atoms with E-state index >= 15 is 0 Å². The number of nitrogens with one attached hydrogen (secondary N) is 1. The normalized spacial score (nSPS) is 15.5. The SMILES string of the molecule is Clc1ccc(NC2CC2)c2cccnc12. The maximum atomic E-state index is 6.09. The van der Waals surface area contributed by atoms with Gasteiger partial charge >= 0.3 is 0 Å². The molecule has 1 heterocycles. The van der Waals surface area contributed by atoms with Gasteiger partial charge in [-0.25, -0.2) is 0 Å². The number of aromatic nitrogens is 1. The number of benzene rings is 1. The van der Waals surface area contributed by atoms with Crippen LogP contribution in [0.5, 0.6) is 0 Å². The van der Waals surface area contributed by atoms with Crippen LogP contribution < -0.4 is 5.32 Å². The molecule has 1 fully saturated rings. The first kappa shape index (κ1) is 8.98. The summed E-state index contributed by atoms with van der Waals surface area (Å²) < 4.78 is 0. The van der Waals surface area contributed by atoms with E-state index < -0.39 is 0 Å². The molecular formula is C12H11ClN2. The van der Waals surface area contributed by atoms with Crippen molar-refractivity contribution in [1.82, 2.24) is 4.98 Å². The van der Waals surface area contributed by atoms with Crippen molar-refractivity contribution < 1.29 is 0 Å². The van der Waals surface area contributed by atoms with E-state index in [2.05, 4.69) is 16.4 Å². The van der Waals surface area contributed by atoms with Crippen LogP contribution in [0.15, 0.2) is 30.5 Å². The molecule has 1 aliphatic rings. The summed E-state index contributed by atoms with van der Waals surface area (Å²) in [5.74, 6) is 0. The first-order valence-corrected chi connectivity index (χ1v) is 5.52. The molecular weight excluding hydrogens is 208 g/mol. The van der Waals surface area contributed by atoms with Crippen LogP contribution in [0, 0.1) is 0 Å². The quantitative estimate of drug-likeness (QED) is 0.835. The van der Waals surface area contributed by atoms with E-state index in [1.807, 2.05) is 18.2 Å². The first-order chi connectivity index (χ1) is 7.34. The third-order valence-electron chi connectivity index (χ3n) is 2.66. The molecule has 0 atom stereocenters. The van der Waals surface area contributed by atoms with E-state index in [0.717, 1.165) is 16.6 Å². The fourth-order valence-corrected chi connectivity index (χ4v) is 1.93. The van der Waals surface area contributed by atoms with E-state index in [4.69, 9.17) is 11.6 Å². The highest BCUT2D eigenvalue weighted by atomic mass is 35.5.